The van der Waals surface area contributed by atoms with Crippen LogP contribution in [-0.2, 0) is 9.47 Å². The summed E-state index contributed by atoms with van der Waals surface area (Å²) in [6.45, 7) is 4.85. The highest BCUT2D eigenvalue weighted by Gasteiger charge is 2.40. The van der Waals surface area contributed by atoms with Crippen molar-refractivity contribution in [3.05, 3.63) is 53.8 Å². The number of anilines is 1. The molecule has 0 aliphatic carbocycles. The van der Waals surface area contributed by atoms with Crippen molar-refractivity contribution in [1.29, 1.82) is 0 Å². The maximum atomic E-state index is 13.5. The predicted molar refractivity (Wildman–Crippen MR) is 115 cm³/mol. The van der Waals surface area contributed by atoms with Crippen molar-refractivity contribution in [1.82, 2.24) is 19.6 Å². The molecule has 0 unspecified atom stereocenters. The zero-order chi connectivity index (χ0) is 21.0. The Morgan fingerprint density at radius 2 is 1.71 bits per heavy atom. The van der Waals surface area contributed by atoms with Crippen molar-refractivity contribution < 1.29 is 13.9 Å². The minimum atomic E-state index is -0.462. The van der Waals surface area contributed by atoms with Crippen LogP contribution < -0.4 is 4.90 Å². The molecule has 0 bridgehead atoms. The molecule has 0 amide bonds. The lowest BCUT2D eigenvalue weighted by atomic mass is 10.0. The highest BCUT2D eigenvalue weighted by atomic mass is 19.1. The molecular weight excluding hydrogens is 397 g/mol. The number of nitrogens with zero attached hydrogens (tertiary/aromatic N) is 5. The van der Waals surface area contributed by atoms with Crippen molar-refractivity contribution >= 4 is 22.5 Å². The molecule has 2 saturated heterocycles. The first-order chi connectivity index (χ1) is 15.1. The lowest BCUT2D eigenvalue weighted by molar-refractivity contribution is -0.169. The first-order valence-electron chi connectivity index (χ1n) is 10.6. The molecule has 8 heteroatoms. The Morgan fingerprint density at radius 1 is 0.968 bits per heavy atom. The van der Waals surface area contributed by atoms with Crippen LogP contribution in [-0.4, -0.2) is 51.7 Å². The van der Waals surface area contributed by atoms with Gasteiger partial charge in [0.2, 0.25) is 5.95 Å². The van der Waals surface area contributed by atoms with E-state index in [-0.39, 0.29) is 5.82 Å². The normalized spacial score (nSPS) is 18.5. The number of rotatable bonds is 2. The molecule has 6 rings (SSSR count). The lowest BCUT2D eigenvalue weighted by Gasteiger charge is -2.38. The summed E-state index contributed by atoms with van der Waals surface area (Å²) in [6.07, 6.45) is 1.55. The number of hydrogen-bond donors (Lipinski definition) is 0. The summed E-state index contributed by atoms with van der Waals surface area (Å²) < 4.78 is 27.3. The van der Waals surface area contributed by atoms with Gasteiger partial charge in [0, 0.05) is 36.9 Å². The number of piperidine rings is 1. The third-order valence-electron chi connectivity index (χ3n) is 6.20. The van der Waals surface area contributed by atoms with Gasteiger partial charge in [0.15, 0.2) is 17.3 Å². The van der Waals surface area contributed by atoms with Crippen LogP contribution in [0, 0.1) is 12.7 Å². The summed E-state index contributed by atoms with van der Waals surface area (Å²) in [6, 6.07) is 12.5. The van der Waals surface area contributed by atoms with Gasteiger partial charge in [-0.1, -0.05) is 11.6 Å². The van der Waals surface area contributed by atoms with Crippen LogP contribution in [0.4, 0.5) is 10.3 Å². The number of hydrogen-bond acceptors (Lipinski definition) is 6. The van der Waals surface area contributed by atoms with Crippen molar-refractivity contribution in [2.24, 2.45) is 0 Å². The van der Waals surface area contributed by atoms with Crippen molar-refractivity contribution in [3.8, 4) is 11.4 Å². The van der Waals surface area contributed by atoms with E-state index in [0.29, 0.717) is 19.0 Å². The lowest BCUT2D eigenvalue weighted by Crippen LogP contribution is -2.46. The number of fused-ring (bicyclic) bond motifs is 3. The second kappa shape index (κ2) is 6.96. The van der Waals surface area contributed by atoms with Gasteiger partial charge < -0.3 is 14.4 Å². The summed E-state index contributed by atoms with van der Waals surface area (Å²) in [5.74, 6) is 0.685. The molecule has 4 aromatic rings. The Morgan fingerprint density at radius 3 is 2.45 bits per heavy atom. The SMILES string of the molecule is Cc1ccc2nc(N3CCC4(CC3)OCCO4)n3c(-c4ccc(F)cc4)nnc3c2c1. The molecule has 2 fully saturated rings. The number of ether oxygens (including phenoxy) is 2. The molecule has 0 N–H and O–H groups in total. The summed E-state index contributed by atoms with van der Waals surface area (Å²) in [5, 5.41) is 9.94. The van der Waals surface area contributed by atoms with Gasteiger partial charge >= 0.3 is 0 Å². The summed E-state index contributed by atoms with van der Waals surface area (Å²) >= 11 is 0. The van der Waals surface area contributed by atoms with Crippen LogP contribution in [0.2, 0.25) is 0 Å². The predicted octanol–water partition coefficient (Wildman–Crippen LogP) is 3.74. The van der Waals surface area contributed by atoms with E-state index in [1.165, 1.54) is 12.1 Å². The zero-order valence-corrected chi connectivity index (χ0v) is 17.2. The van der Waals surface area contributed by atoms with Gasteiger partial charge in [-0.3, -0.25) is 0 Å². The molecule has 2 aromatic carbocycles. The van der Waals surface area contributed by atoms with E-state index in [9.17, 15) is 4.39 Å². The second-order valence-corrected chi connectivity index (χ2v) is 8.22. The molecule has 2 aliphatic heterocycles. The first-order valence-corrected chi connectivity index (χ1v) is 10.6. The van der Waals surface area contributed by atoms with Gasteiger partial charge in [0.05, 0.1) is 18.7 Å². The van der Waals surface area contributed by atoms with Crippen molar-refractivity contribution in [2.45, 2.75) is 25.6 Å². The highest BCUT2D eigenvalue weighted by Crippen LogP contribution is 2.35. The Kier molecular flexibility index (Phi) is 4.19. The first kappa shape index (κ1) is 18.7. The van der Waals surface area contributed by atoms with E-state index in [4.69, 9.17) is 14.5 Å². The van der Waals surface area contributed by atoms with E-state index in [0.717, 1.165) is 59.6 Å². The number of benzene rings is 2. The molecule has 158 valence electrons. The average molecular weight is 419 g/mol. The van der Waals surface area contributed by atoms with Crippen LogP contribution in [0.5, 0.6) is 0 Å². The molecule has 31 heavy (non-hydrogen) atoms. The molecule has 4 heterocycles. The van der Waals surface area contributed by atoms with Crippen molar-refractivity contribution in [3.63, 3.8) is 0 Å². The van der Waals surface area contributed by atoms with Gasteiger partial charge in [-0.15, -0.1) is 10.2 Å². The monoisotopic (exact) mass is 419 g/mol. The fourth-order valence-electron chi connectivity index (χ4n) is 4.56. The van der Waals surface area contributed by atoms with Gasteiger partial charge in [0.1, 0.15) is 5.82 Å². The summed E-state index contributed by atoms with van der Waals surface area (Å²) in [5.41, 5.74) is 3.54. The molecule has 1 spiro atoms. The highest BCUT2D eigenvalue weighted by molar-refractivity contribution is 5.94. The Labute approximate surface area is 178 Å². The smallest absolute Gasteiger partial charge is 0.213 e. The Hall–Kier alpha value is -3.10. The quantitative estimate of drug-likeness (QED) is 0.493. The van der Waals surface area contributed by atoms with Crippen LogP contribution >= 0.6 is 0 Å². The number of aryl methyl sites for hydroxylation is 1. The molecule has 7 nitrogen and oxygen atoms in total. The van der Waals surface area contributed by atoms with Crippen LogP contribution in [0.25, 0.3) is 27.9 Å². The minimum Gasteiger partial charge on any atom is -0.347 e. The topological polar surface area (TPSA) is 64.8 Å². The zero-order valence-electron chi connectivity index (χ0n) is 17.2. The average Bonchev–Trinajstić information content (AvgIpc) is 3.43. The van der Waals surface area contributed by atoms with Gasteiger partial charge in [0.25, 0.3) is 0 Å². The van der Waals surface area contributed by atoms with Crippen molar-refractivity contribution in [2.75, 3.05) is 31.2 Å². The fourth-order valence-corrected chi connectivity index (χ4v) is 4.56. The van der Waals surface area contributed by atoms with E-state index in [2.05, 4.69) is 27.2 Å². The Balaban J connectivity index is 1.52. The molecular formula is C23H22FN5O2. The molecule has 0 saturated carbocycles. The van der Waals surface area contributed by atoms with Gasteiger partial charge in [-0.2, -0.15) is 0 Å². The molecule has 0 radical (unpaired) electrons. The van der Waals surface area contributed by atoms with Crippen LogP contribution in [0.1, 0.15) is 18.4 Å². The maximum absolute atomic E-state index is 13.5. The standard InChI is InChI=1S/C23H22FN5O2/c1-15-2-7-19-18(14-15)21-27-26-20(16-3-5-17(24)6-4-16)29(21)22(25-19)28-10-8-23(9-11-28)30-12-13-31-23/h2-7,14H,8-13H2,1H3. The molecule has 0 atom stereocenters. The van der Waals surface area contributed by atoms with Gasteiger partial charge in [-0.05, 0) is 43.3 Å². The second-order valence-electron chi connectivity index (χ2n) is 8.22. The minimum absolute atomic E-state index is 0.283. The summed E-state index contributed by atoms with van der Waals surface area (Å²) in [7, 11) is 0. The van der Waals surface area contributed by atoms with E-state index in [1.807, 2.05) is 17.4 Å². The number of aromatic nitrogens is 4. The van der Waals surface area contributed by atoms with E-state index >= 15 is 0 Å². The fraction of sp³-hybridized carbons (Fsp3) is 0.348. The third-order valence-corrected chi connectivity index (χ3v) is 6.20. The number of halogens is 1. The largest absolute Gasteiger partial charge is 0.347 e. The van der Waals surface area contributed by atoms with Crippen LogP contribution in [0.3, 0.4) is 0 Å². The Bertz CT molecular complexity index is 1270. The van der Waals surface area contributed by atoms with Gasteiger partial charge in [-0.25, -0.2) is 13.8 Å². The molecule has 2 aliphatic rings. The maximum Gasteiger partial charge on any atom is 0.213 e. The van der Waals surface area contributed by atoms with Crippen LogP contribution in [0.15, 0.2) is 42.5 Å². The van der Waals surface area contributed by atoms with E-state index in [1.54, 1.807) is 12.1 Å². The van der Waals surface area contributed by atoms with E-state index < -0.39 is 5.79 Å². The molecule has 2 aromatic heterocycles. The third kappa shape index (κ3) is 3.05. The summed E-state index contributed by atoms with van der Waals surface area (Å²) in [4.78, 5) is 7.25.